The molecule has 6 nitrogen and oxygen atoms in total. The van der Waals surface area contributed by atoms with Crippen molar-refractivity contribution in [2.45, 2.75) is 39.2 Å². The fraction of sp³-hybridized carbons (Fsp3) is 0.455. The Kier molecular flexibility index (Phi) is 5.48. The van der Waals surface area contributed by atoms with Gasteiger partial charge in [-0.2, -0.15) is 5.10 Å². The molecule has 0 bridgehead atoms. The van der Waals surface area contributed by atoms with Gasteiger partial charge in [-0.25, -0.2) is 4.98 Å². The van der Waals surface area contributed by atoms with E-state index < -0.39 is 0 Å². The lowest BCUT2D eigenvalue weighted by molar-refractivity contribution is 0.243. The third kappa shape index (κ3) is 3.97. The number of hydrogen-bond donors (Lipinski definition) is 2. The average Bonchev–Trinajstić information content (AvgIpc) is 3.12. The molecule has 1 aliphatic heterocycles. The fourth-order valence-electron chi connectivity index (χ4n) is 3.98. The average molecular weight is 380 g/mol. The van der Waals surface area contributed by atoms with Crippen molar-refractivity contribution in [1.82, 2.24) is 15.2 Å². The summed E-state index contributed by atoms with van der Waals surface area (Å²) in [7, 11) is 0. The quantitative estimate of drug-likeness (QED) is 0.677. The van der Waals surface area contributed by atoms with Gasteiger partial charge in [0.15, 0.2) is 0 Å². The summed E-state index contributed by atoms with van der Waals surface area (Å²) in [5.41, 5.74) is 8.73. The second-order valence-corrected chi connectivity index (χ2v) is 7.86. The van der Waals surface area contributed by atoms with Gasteiger partial charge in [-0.1, -0.05) is 0 Å². The number of rotatable bonds is 6. The van der Waals surface area contributed by atoms with Crippen molar-refractivity contribution in [2.75, 3.05) is 24.5 Å². The van der Waals surface area contributed by atoms with E-state index in [0.29, 0.717) is 0 Å². The number of nitrogens with one attached hydrogen (secondary N) is 1. The molecule has 1 aromatic carbocycles. The van der Waals surface area contributed by atoms with Gasteiger partial charge in [0, 0.05) is 30.2 Å². The third-order valence-electron chi connectivity index (χ3n) is 5.44. The predicted molar refractivity (Wildman–Crippen MR) is 114 cm³/mol. The SMILES string of the molecule is CC(C)Oc1ccc2[nH]nc(-c3ccnc(N4CCC(CCN)CC4)c3)c2c1. The number of fused-ring (bicyclic) bond motifs is 1. The van der Waals surface area contributed by atoms with Gasteiger partial charge in [0.05, 0.1) is 11.6 Å². The zero-order chi connectivity index (χ0) is 19.5. The van der Waals surface area contributed by atoms with Crippen LogP contribution in [-0.2, 0) is 0 Å². The molecule has 1 fully saturated rings. The minimum absolute atomic E-state index is 0.141. The highest BCUT2D eigenvalue weighted by atomic mass is 16.5. The molecule has 3 heterocycles. The maximum absolute atomic E-state index is 5.86. The second-order valence-electron chi connectivity index (χ2n) is 7.86. The summed E-state index contributed by atoms with van der Waals surface area (Å²) in [6.07, 6.45) is 5.52. The van der Waals surface area contributed by atoms with Crippen LogP contribution in [0.4, 0.5) is 5.82 Å². The number of nitrogens with zero attached hydrogens (tertiary/aromatic N) is 3. The number of aromatic nitrogens is 3. The van der Waals surface area contributed by atoms with E-state index in [9.17, 15) is 0 Å². The van der Waals surface area contributed by atoms with E-state index in [-0.39, 0.29) is 6.10 Å². The van der Waals surface area contributed by atoms with E-state index in [0.717, 1.165) is 65.7 Å². The number of H-pyrrole nitrogens is 1. The van der Waals surface area contributed by atoms with Crippen LogP contribution in [0.5, 0.6) is 5.75 Å². The van der Waals surface area contributed by atoms with Crippen LogP contribution in [0.2, 0.25) is 0 Å². The summed E-state index contributed by atoms with van der Waals surface area (Å²) in [6, 6.07) is 10.2. The molecular weight excluding hydrogens is 350 g/mol. The van der Waals surface area contributed by atoms with E-state index in [1.807, 2.05) is 38.2 Å². The summed E-state index contributed by atoms with van der Waals surface area (Å²) < 4.78 is 5.86. The number of piperidine rings is 1. The Bertz CT molecular complexity index is 928. The van der Waals surface area contributed by atoms with Gasteiger partial charge in [-0.3, -0.25) is 5.10 Å². The Balaban J connectivity index is 1.59. The van der Waals surface area contributed by atoms with E-state index in [1.165, 1.54) is 12.8 Å². The molecule has 2 aromatic heterocycles. The molecule has 28 heavy (non-hydrogen) atoms. The number of hydrogen-bond acceptors (Lipinski definition) is 5. The highest BCUT2D eigenvalue weighted by Crippen LogP contribution is 2.32. The van der Waals surface area contributed by atoms with Crippen molar-refractivity contribution in [1.29, 1.82) is 0 Å². The van der Waals surface area contributed by atoms with Crippen molar-refractivity contribution in [3.63, 3.8) is 0 Å². The highest BCUT2D eigenvalue weighted by Gasteiger charge is 2.20. The summed E-state index contributed by atoms with van der Waals surface area (Å²) in [4.78, 5) is 6.99. The molecule has 148 valence electrons. The van der Waals surface area contributed by atoms with E-state index in [1.54, 1.807) is 0 Å². The molecule has 1 aliphatic rings. The minimum Gasteiger partial charge on any atom is -0.491 e. The molecule has 0 saturated carbocycles. The third-order valence-corrected chi connectivity index (χ3v) is 5.44. The number of benzene rings is 1. The first-order valence-corrected chi connectivity index (χ1v) is 10.2. The lowest BCUT2D eigenvalue weighted by Gasteiger charge is -2.32. The van der Waals surface area contributed by atoms with Gasteiger partial charge >= 0.3 is 0 Å². The first kappa shape index (κ1) is 18.7. The zero-order valence-electron chi connectivity index (χ0n) is 16.7. The van der Waals surface area contributed by atoms with Gasteiger partial charge in [0.1, 0.15) is 17.3 Å². The summed E-state index contributed by atoms with van der Waals surface area (Å²) in [5, 5.41) is 8.77. The molecule has 1 saturated heterocycles. The molecule has 0 atom stereocenters. The smallest absolute Gasteiger partial charge is 0.129 e. The fourth-order valence-corrected chi connectivity index (χ4v) is 3.98. The molecule has 0 amide bonds. The van der Waals surface area contributed by atoms with Crippen LogP contribution in [0.1, 0.15) is 33.1 Å². The summed E-state index contributed by atoms with van der Waals surface area (Å²) in [6.45, 7) is 6.93. The molecule has 0 unspecified atom stereocenters. The predicted octanol–water partition coefficient (Wildman–Crippen LogP) is 3.98. The Morgan fingerprint density at radius 2 is 2.04 bits per heavy atom. The Hall–Kier alpha value is -2.60. The number of anilines is 1. The molecule has 3 N–H and O–H groups in total. The van der Waals surface area contributed by atoms with E-state index >= 15 is 0 Å². The van der Waals surface area contributed by atoms with Crippen LogP contribution in [0.25, 0.3) is 22.2 Å². The maximum Gasteiger partial charge on any atom is 0.129 e. The first-order chi connectivity index (χ1) is 13.6. The number of pyridine rings is 1. The van der Waals surface area contributed by atoms with Gasteiger partial charge in [-0.05, 0) is 75.9 Å². The Morgan fingerprint density at radius 3 is 2.79 bits per heavy atom. The standard InChI is InChI=1S/C22H29N5O/c1-15(2)28-18-3-4-20-19(14-18)22(26-25-20)17-6-10-24-21(13-17)27-11-7-16(5-9-23)8-12-27/h3-4,6,10,13-16H,5,7-9,11-12,23H2,1-2H3,(H,25,26). The first-order valence-electron chi connectivity index (χ1n) is 10.2. The van der Waals surface area contributed by atoms with Crippen molar-refractivity contribution >= 4 is 16.7 Å². The molecular formula is C22H29N5O. The van der Waals surface area contributed by atoms with Crippen molar-refractivity contribution < 1.29 is 4.74 Å². The Morgan fingerprint density at radius 1 is 1.21 bits per heavy atom. The lowest BCUT2D eigenvalue weighted by Crippen LogP contribution is -2.34. The second kappa shape index (κ2) is 8.19. The minimum atomic E-state index is 0.141. The monoisotopic (exact) mass is 379 g/mol. The number of ether oxygens (including phenoxy) is 1. The largest absolute Gasteiger partial charge is 0.491 e. The number of nitrogens with two attached hydrogens (primary N) is 1. The van der Waals surface area contributed by atoms with Crippen LogP contribution < -0.4 is 15.4 Å². The Labute approximate surface area is 166 Å². The molecule has 0 radical (unpaired) electrons. The van der Waals surface area contributed by atoms with Crippen LogP contribution in [0.15, 0.2) is 36.5 Å². The van der Waals surface area contributed by atoms with Gasteiger partial charge in [0.2, 0.25) is 0 Å². The topological polar surface area (TPSA) is 80.1 Å². The molecule has 0 spiro atoms. The van der Waals surface area contributed by atoms with Crippen LogP contribution in [0, 0.1) is 5.92 Å². The molecule has 6 heteroatoms. The van der Waals surface area contributed by atoms with E-state index in [4.69, 9.17) is 10.5 Å². The van der Waals surface area contributed by atoms with Crippen LogP contribution >= 0.6 is 0 Å². The molecule has 3 aromatic rings. The van der Waals surface area contributed by atoms with Crippen molar-refractivity contribution in [3.05, 3.63) is 36.5 Å². The van der Waals surface area contributed by atoms with Crippen LogP contribution in [-0.4, -0.2) is 40.9 Å². The van der Waals surface area contributed by atoms with E-state index in [2.05, 4.69) is 32.2 Å². The van der Waals surface area contributed by atoms with Gasteiger partial charge in [0.25, 0.3) is 0 Å². The normalized spacial score (nSPS) is 15.5. The van der Waals surface area contributed by atoms with Crippen molar-refractivity contribution in [2.24, 2.45) is 11.7 Å². The molecule has 0 aliphatic carbocycles. The maximum atomic E-state index is 5.86. The highest BCUT2D eigenvalue weighted by molar-refractivity contribution is 5.94. The zero-order valence-corrected chi connectivity index (χ0v) is 16.7. The molecule has 4 rings (SSSR count). The number of aromatic amines is 1. The van der Waals surface area contributed by atoms with Gasteiger partial charge in [-0.15, -0.1) is 0 Å². The van der Waals surface area contributed by atoms with Crippen molar-refractivity contribution in [3.8, 4) is 17.0 Å². The van der Waals surface area contributed by atoms with Crippen LogP contribution in [0.3, 0.4) is 0 Å². The lowest BCUT2D eigenvalue weighted by atomic mass is 9.93. The van der Waals surface area contributed by atoms with Gasteiger partial charge < -0.3 is 15.4 Å². The summed E-state index contributed by atoms with van der Waals surface area (Å²) in [5.74, 6) is 2.63. The summed E-state index contributed by atoms with van der Waals surface area (Å²) >= 11 is 0.